The number of nitriles is 1. The maximum atomic E-state index is 9.24. The van der Waals surface area contributed by atoms with E-state index in [1.165, 1.54) is 0 Å². The molecule has 96 valence electrons. The van der Waals surface area contributed by atoms with Crippen LogP contribution < -0.4 is 4.90 Å². The summed E-state index contributed by atoms with van der Waals surface area (Å²) < 4.78 is 0.804. The van der Waals surface area contributed by atoms with Gasteiger partial charge in [0.05, 0.1) is 11.3 Å². The molecule has 0 N–H and O–H groups in total. The third-order valence-corrected chi connectivity index (χ3v) is 3.91. The molecule has 0 aliphatic heterocycles. The summed E-state index contributed by atoms with van der Waals surface area (Å²) in [4.78, 5) is 2.02. The summed E-state index contributed by atoms with van der Waals surface area (Å²) in [5, 5.41) is 9.97. The van der Waals surface area contributed by atoms with E-state index in [-0.39, 0.29) is 0 Å². The molecule has 0 unspecified atom stereocenters. The Morgan fingerprint density at radius 2 is 1.95 bits per heavy atom. The lowest BCUT2D eigenvalue weighted by Gasteiger charge is -2.21. The highest BCUT2D eigenvalue weighted by molar-refractivity contribution is 9.10. The molecular formula is C15H12BrClN2. The molecule has 0 amide bonds. The lowest BCUT2D eigenvalue weighted by Crippen LogP contribution is -2.17. The molecule has 0 aromatic heterocycles. The summed E-state index contributed by atoms with van der Waals surface area (Å²) in [5.41, 5.74) is 2.56. The van der Waals surface area contributed by atoms with E-state index in [1.807, 2.05) is 54.4 Å². The van der Waals surface area contributed by atoms with Crippen molar-refractivity contribution in [2.75, 3.05) is 11.9 Å². The van der Waals surface area contributed by atoms with Crippen LogP contribution in [0.3, 0.4) is 0 Å². The van der Waals surface area contributed by atoms with Gasteiger partial charge in [-0.1, -0.05) is 35.9 Å². The molecule has 0 aliphatic rings. The fourth-order valence-corrected chi connectivity index (χ4v) is 2.55. The van der Waals surface area contributed by atoms with E-state index in [2.05, 4.69) is 22.0 Å². The molecule has 0 saturated carbocycles. The Morgan fingerprint density at radius 1 is 1.21 bits per heavy atom. The van der Waals surface area contributed by atoms with E-state index in [9.17, 15) is 5.26 Å². The van der Waals surface area contributed by atoms with Crippen LogP contribution >= 0.6 is 27.5 Å². The second kappa shape index (κ2) is 6.10. The highest BCUT2D eigenvalue weighted by atomic mass is 79.9. The molecule has 2 aromatic carbocycles. The van der Waals surface area contributed by atoms with Gasteiger partial charge in [0.25, 0.3) is 0 Å². The Hall–Kier alpha value is -1.50. The summed E-state index contributed by atoms with van der Waals surface area (Å²) >= 11 is 9.56. The molecule has 2 aromatic rings. The van der Waals surface area contributed by atoms with Gasteiger partial charge >= 0.3 is 0 Å². The molecule has 0 fully saturated rings. The number of halogens is 2. The standard InChI is InChI=1S/C15H12BrClN2/c1-19(10-11-5-2-3-7-14(11)17)15-8-4-6-13(16)12(15)9-18/h2-8H,10H2,1H3. The van der Waals surface area contributed by atoms with Gasteiger partial charge in [0.2, 0.25) is 0 Å². The highest BCUT2D eigenvalue weighted by Crippen LogP contribution is 2.28. The van der Waals surface area contributed by atoms with Gasteiger partial charge in [-0.2, -0.15) is 5.26 Å². The third-order valence-electron chi connectivity index (χ3n) is 2.88. The first kappa shape index (κ1) is 13.9. The summed E-state index contributed by atoms with van der Waals surface area (Å²) in [6.45, 7) is 0.658. The molecular weight excluding hydrogens is 324 g/mol. The van der Waals surface area contributed by atoms with Crippen molar-refractivity contribution in [3.8, 4) is 6.07 Å². The van der Waals surface area contributed by atoms with E-state index in [4.69, 9.17) is 11.6 Å². The first-order valence-electron chi connectivity index (χ1n) is 5.76. The Bertz CT molecular complexity index is 634. The minimum Gasteiger partial charge on any atom is -0.369 e. The van der Waals surface area contributed by atoms with Gasteiger partial charge in [-0.3, -0.25) is 0 Å². The van der Waals surface area contributed by atoms with Crippen LogP contribution in [0, 0.1) is 11.3 Å². The lowest BCUT2D eigenvalue weighted by molar-refractivity contribution is 0.920. The first-order chi connectivity index (χ1) is 9.13. The van der Waals surface area contributed by atoms with Gasteiger partial charge < -0.3 is 4.90 Å². The van der Waals surface area contributed by atoms with Crippen LogP contribution in [0.2, 0.25) is 5.02 Å². The third kappa shape index (κ3) is 3.09. The summed E-state index contributed by atoms with van der Waals surface area (Å²) in [6, 6.07) is 15.7. The van der Waals surface area contributed by atoms with Crippen molar-refractivity contribution in [3.63, 3.8) is 0 Å². The van der Waals surface area contributed by atoms with E-state index in [0.29, 0.717) is 12.1 Å². The maximum absolute atomic E-state index is 9.24. The molecule has 0 spiro atoms. The fourth-order valence-electron chi connectivity index (χ4n) is 1.91. The van der Waals surface area contributed by atoms with Gasteiger partial charge in [-0.15, -0.1) is 0 Å². The number of hydrogen-bond acceptors (Lipinski definition) is 2. The van der Waals surface area contributed by atoms with Gasteiger partial charge in [0.1, 0.15) is 6.07 Å². The largest absolute Gasteiger partial charge is 0.369 e. The van der Waals surface area contributed by atoms with Crippen LogP contribution in [0.5, 0.6) is 0 Å². The maximum Gasteiger partial charge on any atom is 0.103 e. The number of anilines is 1. The zero-order chi connectivity index (χ0) is 13.8. The van der Waals surface area contributed by atoms with Crippen molar-refractivity contribution in [1.82, 2.24) is 0 Å². The van der Waals surface area contributed by atoms with E-state index >= 15 is 0 Å². The minimum absolute atomic E-state index is 0.636. The zero-order valence-corrected chi connectivity index (χ0v) is 12.7. The average Bonchev–Trinajstić information content (AvgIpc) is 2.41. The van der Waals surface area contributed by atoms with Crippen LogP contribution in [-0.4, -0.2) is 7.05 Å². The van der Waals surface area contributed by atoms with Gasteiger partial charge in [-0.05, 0) is 39.7 Å². The van der Waals surface area contributed by atoms with E-state index in [1.54, 1.807) is 0 Å². The van der Waals surface area contributed by atoms with Crippen molar-refractivity contribution in [1.29, 1.82) is 5.26 Å². The Kier molecular flexibility index (Phi) is 4.47. The normalized spacial score (nSPS) is 10.0. The van der Waals surface area contributed by atoms with Crippen molar-refractivity contribution in [2.45, 2.75) is 6.54 Å². The van der Waals surface area contributed by atoms with Crippen LogP contribution in [0.4, 0.5) is 5.69 Å². The van der Waals surface area contributed by atoms with Crippen LogP contribution in [-0.2, 0) is 6.54 Å². The van der Waals surface area contributed by atoms with Gasteiger partial charge in [0, 0.05) is 23.1 Å². The van der Waals surface area contributed by atoms with Crippen molar-refractivity contribution >= 4 is 33.2 Å². The molecule has 0 radical (unpaired) electrons. The predicted octanol–water partition coefficient (Wildman–Crippen LogP) is 4.61. The number of benzene rings is 2. The molecule has 19 heavy (non-hydrogen) atoms. The van der Waals surface area contributed by atoms with Crippen LogP contribution in [0.1, 0.15) is 11.1 Å². The Morgan fingerprint density at radius 3 is 2.63 bits per heavy atom. The van der Waals surface area contributed by atoms with Crippen LogP contribution in [0.15, 0.2) is 46.9 Å². The SMILES string of the molecule is CN(Cc1ccccc1Cl)c1cccc(Br)c1C#N. The molecule has 0 saturated heterocycles. The summed E-state index contributed by atoms with van der Waals surface area (Å²) in [6.07, 6.45) is 0. The van der Waals surface area contributed by atoms with E-state index < -0.39 is 0 Å². The average molecular weight is 336 g/mol. The minimum atomic E-state index is 0.636. The van der Waals surface area contributed by atoms with E-state index in [0.717, 1.165) is 20.7 Å². The molecule has 0 bridgehead atoms. The smallest absolute Gasteiger partial charge is 0.103 e. The quantitative estimate of drug-likeness (QED) is 0.819. The molecule has 0 heterocycles. The summed E-state index contributed by atoms with van der Waals surface area (Å²) in [5.74, 6) is 0. The second-order valence-electron chi connectivity index (χ2n) is 4.19. The number of hydrogen-bond donors (Lipinski definition) is 0. The van der Waals surface area contributed by atoms with Crippen molar-refractivity contribution in [2.24, 2.45) is 0 Å². The molecule has 2 nitrogen and oxygen atoms in total. The van der Waals surface area contributed by atoms with Crippen LogP contribution in [0.25, 0.3) is 0 Å². The van der Waals surface area contributed by atoms with Gasteiger partial charge in [0.15, 0.2) is 0 Å². The molecule has 4 heteroatoms. The highest BCUT2D eigenvalue weighted by Gasteiger charge is 2.11. The number of nitrogens with zero attached hydrogens (tertiary/aromatic N) is 2. The first-order valence-corrected chi connectivity index (χ1v) is 6.93. The van der Waals surface area contributed by atoms with Crippen molar-refractivity contribution < 1.29 is 0 Å². The summed E-state index contributed by atoms with van der Waals surface area (Å²) in [7, 11) is 1.95. The topological polar surface area (TPSA) is 27.0 Å². The molecule has 0 atom stereocenters. The molecule has 0 aliphatic carbocycles. The zero-order valence-electron chi connectivity index (χ0n) is 10.4. The monoisotopic (exact) mass is 334 g/mol. The fraction of sp³-hybridized carbons (Fsp3) is 0.133. The Labute approximate surface area is 126 Å². The van der Waals surface area contributed by atoms with Crippen molar-refractivity contribution in [3.05, 3.63) is 63.1 Å². The Balaban J connectivity index is 2.31. The predicted molar refractivity (Wildman–Crippen MR) is 82.4 cm³/mol. The van der Waals surface area contributed by atoms with Gasteiger partial charge in [-0.25, -0.2) is 0 Å². The lowest BCUT2D eigenvalue weighted by atomic mass is 10.1. The second-order valence-corrected chi connectivity index (χ2v) is 5.45. The molecule has 2 rings (SSSR count). The number of rotatable bonds is 3.